The van der Waals surface area contributed by atoms with Crippen LogP contribution in [-0.2, 0) is 22.8 Å². The monoisotopic (exact) mass is 213 g/mol. The van der Waals surface area contributed by atoms with Crippen molar-refractivity contribution >= 4 is 9.73 Å². The van der Waals surface area contributed by atoms with Crippen molar-refractivity contribution in [3.05, 3.63) is 29.6 Å². The number of rotatable bonds is 3. The molecule has 0 bridgehead atoms. The molecule has 2 N–H and O–H groups in total. The molecule has 0 atom stereocenters. The maximum Gasteiger partial charge on any atom is 0.0735 e. The molecule has 0 saturated heterocycles. The summed E-state index contributed by atoms with van der Waals surface area (Å²) >= 11 is 0. The highest BCUT2D eigenvalue weighted by atomic mass is 32.2. The van der Waals surface area contributed by atoms with Crippen LogP contribution in [0.4, 0.5) is 0 Å². The average Bonchev–Trinajstić information content (AvgIpc) is 2.14. The van der Waals surface area contributed by atoms with Gasteiger partial charge in [-0.05, 0) is 17.7 Å². The summed E-state index contributed by atoms with van der Waals surface area (Å²) in [7, 11) is -2.02. The van der Waals surface area contributed by atoms with Crippen LogP contribution >= 0.6 is 0 Å². The highest BCUT2D eigenvalue weighted by Gasteiger charge is 1.96. The van der Waals surface area contributed by atoms with E-state index in [-0.39, 0.29) is 0 Å². The van der Waals surface area contributed by atoms with Crippen molar-refractivity contribution in [1.29, 1.82) is 0 Å². The van der Waals surface area contributed by atoms with E-state index in [0.717, 1.165) is 11.3 Å². The zero-order chi connectivity index (χ0) is 10.6. The zero-order valence-corrected chi connectivity index (χ0v) is 9.25. The first-order valence-electron chi connectivity index (χ1n) is 4.28. The molecular weight excluding hydrogens is 198 g/mol. The smallest absolute Gasteiger partial charge is 0.0735 e. The van der Waals surface area contributed by atoms with Gasteiger partial charge in [-0.15, -0.1) is 0 Å². The summed E-state index contributed by atoms with van der Waals surface area (Å²) < 4.78 is 15.4. The second-order valence-corrected chi connectivity index (χ2v) is 5.95. The van der Waals surface area contributed by atoms with Crippen LogP contribution < -0.4 is 5.73 Å². The lowest BCUT2D eigenvalue weighted by Gasteiger charge is -2.00. The number of nitrogens with two attached hydrogens (primary N) is 1. The Bertz CT molecular complexity index is 414. The summed E-state index contributed by atoms with van der Waals surface area (Å²) in [6.45, 7) is 0.878. The third-order valence-electron chi connectivity index (χ3n) is 1.65. The molecule has 78 valence electrons. The molecule has 0 aliphatic carbocycles. The van der Waals surface area contributed by atoms with Crippen molar-refractivity contribution in [3.8, 4) is 0 Å². The third kappa shape index (κ3) is 3.85. The number of nitrogens with zero attached hydrogens (tertiary/aromatic N) is 2. The molecular formula is C9H15N3OS. The summed E-state index contributed by atoms with van der Waals surface area (Å²) in [5.74, 6) is 0. The Morgan fingerprint density at radius 2 is 2.29 bits per heavy atom. The summed E-state index contributed by atoms with van der Waals surface area (Å²) in [6, 6.07) is 3.74. The van der Waals surface area contributed by atoms with Gasteiger partial charge in [0.25, 0.3) is 0 Å². The van der Waals surface area contributed by atoms with Gasteiger partial charge in [-0.25, -0.2) is 4.36 Å². The number of pyridine rings is 1. The van der Waals surface area contributed by atoms with Gasteiger partial charge in [0.2, 0.25) is 0 Å². The highest BCUT2D eigenvalue weighted by Crippen LogP contribution is 2.04. The minimum absolute atomic E-state index is 0.418. The van der Waals surface area contributed by atoms with E-state index in [2.05, 4.69) is 9.35 Å². The van der Waals surface area contributed by atoms with Crippen LogP contribution in [0.3, 0.4) is 0 Å². The van der Waals surface area contributed by atoms with Gasteiger partial charge in [0.05, 0.1) is 12.2 Å². The van der Waals surface area contributed by atoms with Gasteiger partial charge in [-0.3, -0.25) is 9.19 Å². The van der Waals surface area contributed by atoms with Crippen LogP contribution in [0.15, 0.2) is 22.7 Å². The second kappa shape index (κ2) is 4.52. The van der Waals surface area contributed by atoms with E-state index in [4.69, 9.17) is 5.73 Å². The molecule has 0 radical (unpaired) electrons. The number of aromatic nitrogens is 1. The number of hydrogen-bond acceptors (Lipinski definition) is 4. The first-order chi connectivity index (χ1) is 6.51. The predicted octanol–water partition coefficient (Wildman–Crippen LogP) is 0.768. The maximum atomic E-state index is 11.3. The largest absolute Gasteiger partial charge is 0.325 e. The van der Waals surface area contributed by atoms with Gasteiger partial charge in [0, 0.05) is 35.0 Å². The Balaban J connectivity index is 2.83. The molecule has 14 heavy (non-hydrogen) atoms. The average molecular weight is 213 g/mol. The van der Waals surface area contributed by atoms with E-state index >= 15 is 0 Å². The van der Waals surface area contributed by atoms with Gasteiger partial charge in [0.1, 0.15) is 0 Å². The fraction of sp³-hybridized carbons (Fsp3) is 0.444. The summed E-state index contributed by atoms with van der Waals surface area (Å²) in [5, 5.41) is 0. The van der Waals surface area contributed by atoms with Gasteiger partial charge in [0.15, 0.2) is 0 Å². The van der Waals surface area contributed by atoms with Crippen LogP contribution in [-0.4, -0.2) is 21.7 Å². The molecule has 0 saturated carbocycles. The summed E-state index contributed by atoms with van der Waals surface area (Å²) in [4.78, 5) is 4.06. The maximum absolute atomic E-state index is 11.3. The molecule has 1 heterocycles. The Hall–Kier alpha value is -0.940. The topological polar surface area (TPSA) is 68.3 Å². The van der Waals surface area contributed by atoms with Crippen LogP contribution in [0.2, 0.25) is 0 Å². The molecule has 0 spiro atoms. The molecule has 0 fully saturated rings. The lowest BCUT2D eigenvalue weighted by atomic mass is 10.2. The molecule has 0 unspecified atom stereocenters. The van der Waals surface area contributed by atoms with Crippen molar-refractivity contribution in [2.75, 3.05) is 12.5 Å². The molecule has 5 heteroatoms. The van der Waals surface area contributed by atoms with E-state index in [1.54, 1.807) is 18.7 Å². The first-order valence-corrected chi connectivity index (χ1v) is 6.61. The summed E-state index contributed by atoms with van der Waals surface area (Å²) in [6.07, 6.45) is 4.94. The van der Waals surface area contributed by atoms with E-state index in [1.165, 1.54) is 0 Å². The Labute approximate surface area is 84.7 Å². The quantitative estimate of drug-likeness (QED) is 0.806. The number of hydrogen-bond donors (Lipinski definition) is 1. The molecule has 1 rings (SSSR count). The lowest BCUT2D eigenvalue weighted by Crippen LogP contribution is -2.00. The lowest BCUT2D eigenvalue weighted by molar-refractivity contribution is 0.682. The fourth-order valence-corrected chi connectivity index (χ4v) is 1.43. The molecule has 0 aliphatic heterocycles. The SMILES string of the molecule is CS(C)(=O)=NCc1ccnc(CN)c1. The van der Waals surface area contributed by atoms with Crippen molar-refractivity contribution < 1.29 is 4.21 Å². The van der Waals surface area contributed by atoms with Crippen LogP contribution in [0.1, 0.15) is 11.3 Å². The Morgan fingerprint density at radius 1 is 1.57 bits per heavy atom. The van der Waals surface area contributed by atoms with Gasteiger partial charge >= 0.3 is 0 Å². The predicted molar refractivity (Wildman–Crippen MR) is 58.3 cm³/mol. The van der Waals surface area contributed by atoms with E-state index in [0.29, 0.717) is 13.1 Å². The van der Waals surface area contributed by atoms with Crippen LogP contribution in [0, 0.1) is 0 Å². The van der Waals surface area contributed by atoms with Crippen LogP contribution in [0.25, 0.3) is 0 Å². The minimum Gasteiger partial charge on any atom is -0.325 e. The second-order valence-electron chi connectivity index (χ2n) is 3.33. The molecule has 0 aliphatic rings. The highest BCUT2D eigenvalue weighted by molar-refractivity contribution is 7.92. The molecule has 4 nitrogen and oxygen atoms in total. The minimum atomic E-state index is -2.02. The van der Waals surface area contributed by atoms with Crippen molar-refractivity contribution in [2.45, 2.75) is 13.1 Å². The standard InChI is InChI=1S/C9H15N3OS/c1-14(2,13)12-7-8-3-4-11-9(5-8)6-10/h3-5H,6-7,10H2,1-2H3. The molecule has 1 aromatic heterocycles. The van der Waals surface area contributed by atoms with Crippen LogP contribution in [0.5, 0.6) is 0 Å². The molecule has 0 aromatic carbocycles. The Kier molecular flexibility index (Phi) is 3.60. The zero-order valence-electron chi connectivity index (χ0n) is 8.43. The van der Waals surface area contributed by atoms with E-state index < -0.39 is 9.73 Å². The summed E-state index contributed by atoms with van der Waals surface area (Å²) in [5.41, 5.74) is 7.28. The van der Waals surface area contributed by atoms with Gasteiger partial charge < -0.3 is 5.73 Å². The van der Waals surface area contributed by atoms with E-state index in [1.807, 2.05) is 12.1 Å². The molecule has 1 aromatic rings. The van der Waals surface area contributed by atoms with Gasteiger partial charge in [-0.2, -0.15) is 0 Å². The molecule has 0 amide bonds. The van der Waals surface area contributed by atoms with Crippen molar-refractivity contribution in [1.82, 2.24) is 4.98 Å². The van der Waals surface area contributed by atoms with E-state index in [9.17, 15) is 4.21 Å². The van der Waals surface area contributed by atoms with Crippen molar-refractivity contribution in [3.63, 3.8) is 0 Å². The Morgan fingerprint density at radius 3 is 2.86 bits per heavy atom. The first kappa shape index (κ1) is 11.1. The fourth-order valence-electron chi connectivity index (χ4n) is 0.968. The normalized spacial score (nSPS) is 11.4. The van der Waals surface area contributed by atoms with Crippen molar-refractivity contribution in [2.24, 2.45) is 10.1 Å². The third-order valence-corrected chi connectivity index (χ3v) is 2.40. The van der Waals surface area contributed by atoms with Gasteiger partial charge in [-0.1, -0.05) is 0 Å².